The molecule has 0 N–H and O–H groups in total. The predicted octanol–water partition coefficient (Wildman–Crippen LogP) is 2.17. The summed E-state index contributed by atoms with van der Waals surface area (Å²) >= 11 is 5.77. The van der Waals surface area contributed by atoms with Crippen LogP contribution in [-0.2, 0) is 0 Å². The number of benzene rings is 1. The molecule has 0 aliphatic carbocycles. The van der Waals surface area contributed by atoms with E-state index in [1.165, 1.54) is 0 Å². The molecule has 1 aromatic carbocycles. The molecule has 0 saturated carbocycles. The Morgan fingerprint density at radius 3 is 2.62 bits per heavy atom. The maximum atomic E-state index is 5.77. The van der Waals surface area contributed by atoms with Crippen molar-refractivity contribution in [3.05, 3.63) is 29.3 Å². The van der Waals surface area contributed by atoms with E-state index in [-0.39, 0.29) is 0 Å². The van der Waals surface area contributed by atoms with E-state index in [0.717, 1.165) is 10.7 Å². The minimum absolute atomic E-state index is 0.616. The van der Waals surface area contributed by atoms with Gasteiger partial charge in [0, 0.05) is 10.7 Å². The van der Waals surface area contributed by atoms with Gasteiger partial charge in [-0.25, -0.2) is 4.99 Å². The summed E-state index contributed by atoms with van der Waals surface area (Å²) in [6, 6.07) is 7.58. The van der Waals surface area contributed by atoms with E-state index >= 15 is 0 Å². The van der Waals surface area contributed by atoms with Crippen LogP contribution in [0.15, 0.2) is 34.3 Å². The molecule has 1 aromatic rings. The Balaban J connectivity index is 2.21. The van der Waals surface area contributed by atoms with Gasteiger partial charge in [0.05, 0.1) is 6.34 Å². The lowest BCUT2D eigenvalue weighted by Gasteiger charge is -2.18. The van der Waals surface area contributed by atoms with Crippen molar-refractivity contribution in [1.82, 2.24) is 0 Å². The van der Waals surface area contributed by atoms with Gasteiger partial charge in [0.15, 0.2) is 0 Å². The summed E-state index contributed by atoms with van der Waals surface area (Å²) in [5.41, 5.74) is 1.05. The van der Waals surface area contributed by atoms with E-state index in [2.05, 4.69) is 9.98 Å². The van der Waals surface area contributed by atoms with Crippen LogP contribution in [-0.4, -0.2) is 19.3 Å². The van der Waals surface area contributed by atoms with Crippen molar-refractivity contribution < 1.29 is 0 Å². The standard InChI is InChI=1S/C9H8ClN3/c10-8-1-3-9(4-2-8)13-6-11-5-12-7-13/h1-6H,7H2. The SMILES string of the molecule is Clc1ccc(N2C=NC=NC2)cc1. The van der Waals surface area contributed by atoms with Crippen molar-refractivity contribution in [3.63, 3.8) is 0 Å². The first-order chi connectivity index (χ1) is 6.36. The molecule has 2 rings (SSSR count). The zero-order chi connectivity index (χ0) is 9.10. The number of hydrogen-bond acceptors (Lipinski definition) is 3. The maximum Gasteiger partial charge on any atom is 0.117 e. The fraction of sp³-hybridized carbons (Fsp3) is 0.111. The zero-order valence-corrected chi connectivity index (χ0v) is 7.65. The molecule has 0 radical (unpaired) electrons. The molecule has 13 heavy (non-hydrogen) atoms. The van der Waals surface area contributed by atoms with Crippen LogP contribution in [0.4, 0.5) is 5.69 Å². The van der Waals surface area contributed by atoms with Crippen LogP contribution in [0.25, 0.3) is 0 Å². The average molecular weight is 194 g/mol. The van der Waals surface area contributed by atoms with Crippen LogP contribution in [0.1, 0.15) is 0 Å². The second-order valence-electron chi connectivity index (χ2n) is 2.65. The van der Waals surface area contributed by atoms with Crippen LogP contribution >= 0.6 is 11.6 Å². The van der Waals surface area contributed by atoms with E-state index in [1.807, 2.05) is 29.2 Å². The highest BCUT2D eigenvalue weighted by Crippen LogP contribution is 2.17. The van der Waals surface area contributed by atoms with Crippen molar-refractivity contribution >= 4 is 30.0 Å². The fourth-order valence-corrected chi connectivity index (χ4v) is 1.23. The fourth-order valence-electron chi connectivity index (χ4n) is 1.10. The van der Waals surface area contributed by atoms with Gasteiger partial charge in [-0.2, -0.15) is 0 Å². The Kier molecular flexibility index (Phi) is 2.27. The number of halogens is 1. The number of rotatable bonds is 1. The minimum atomic E-state index is 0.616. The third-order valence-electron chi connectivity index (χ3n) is 1.75. The molecule has 0 fully saturated rings. The van der Waals surface area contributed by atoms with Crippen LogP contribution in [0, 0.1) is 0 Å². The molecule has 0 amide bonds. The second kappa shape index (κ2) is 3.58. The smallest absolute Gasteiger partial charge is 0.117 e. The molecule has 4 heteroatoms. The molecule has 1 aliphatic rings. The molecule has 3 nitrogen and oxygen atoms in total. The Morgan fingerprint density at radius 2 is 2.00 bits per heavy atom. The summed E-state index contributed by atoms with van der Waals surface area (Å²) in [5, 5.41) is 0.737. The highest BCUT2D eigenvalue weighted by atomic mass is 35.5. The van der Waals surface area contributed by atoms with E-state index in [0.29, 0.717) is 6.67 Å². The predicted molar refractivity (Wildman–Crippen MR) is 55.8 cm³/mol. The lowest BCUT2D eigenvalue weighted by Crippen LogP contribution is -2.23. The van der Waals surface area contributed by atoms with Crippen molar-refractivity contribution in [2.75, 3.05) is 11.6 Å². The molecule has 0 bridgehead atoms. The van der Waals surface area contributed by atoms with Gasteiger partial charge in [-0.1, -0.05) is 11.6 Å². The van der Waals surface area contributed by atoms with Crippen LogP contribution in [0.5, 0.6) is 0 Å². The first-order valence-corrected chi connectivity index (χ1v) is 4.28. The van der Waals surface area contributed by atoms with E-state index in [1.54, 1.807) is 12.7 Å². The Morgan fingerprint density at radius 1 is 1.23 bits per heavy atom. The third-order valence-corrected chi connectivity index (χ3v) is 2.00. The summed E-state index contributed by atoms with van der Waals surface area (Å²) in [7, 11) is 0. The monoisotopic (exact) mass is 193 g/mol. The molecule has 1 heterocycles. The molecule has 0 atom stereocenters. The normalized spacial score (nSPS) is 15.0. The average Bonchev–Trinajstić information content (AvgIpc) is 2.20. The summed E-state index contributed by atoms with van der Waals surface area (Å²) in [6.45, 7) is 0.616. The Bertz CT molecular complexity index is 342. The lowest BCUT2D eigenvalue weighted by molar-refractivity contribution is 1.01. The second-order valence-corrected chi connectivity index (χ2v) is 3.09. The summed E-state index contributed by atoms with van der Waals surface area (Å²) in [5.74, 6) is 0. The summed E-state index contributed by atoms with van der Waals surface area (Å²) < 4.78 is 0. The zero-order valence-electron chi connectivity index (χ0n) is 6.89. The Labute approximate surface area is 81.4 Å². The van der Waals surface area contributed by atoms with Crippen molar-refractivity contribution in [2.24, 2.45) is 9.98 Å². The largest absolute Gasteiger partial charge is 0.312 e. The van der Waals surface area contributed by atoms with E-state index in [9.17, 15) is 0 Å². The number of anilines is 1. The first kappa shape index (κ1) is 8.26. The number of nitrogens with zero attached hydrogens (tertiary/aromatic N) is 3. The van der Waals surface area contributed by atoms with Gasteiger partial charge in [0.2, 0.25) is 0 Å². The topological polar surface area (TPSA) is 28.0 Å². The molecular formula is C9H8ClN3. The molecule has 1 aliphatic heterocycles. The lowest BCUT2D eigenvalue weighted by atomic mass is 10.3. The van der Waals surface area contributed by atoms with Gasteiger partial charge in [-0.3, -0.25) is 4.99 Å². The van der Waals surface area contributed by atoms with Crippen molar-refractivity contribution in [3.8, 4) is 0 Å². The molecule has 0 saturated heterocycles. The minimum Gasteiger partial charge on any atom is -0.312 e. The number of hydrogen-bond donors (Lipinski definition) is 0. The first-order valence-electron chi connectivity index (χ1n) is 3.90. The van der Waals surface area contributed by atoms with Gasteiger partial charge in [0.25, 0.3) is 0 Å². The van der Waals surface area contributed by atoms with Crippen LogP contribution in [0.3, 0.4) is 0 Å². The van der Waals surface area contributed by atoms with Crippen molar-refractivity contribution in [1.29, 1.82) is 0 Å². The van der Waals surface area contributed by atoms with Crippen molar-refractivity contribution in [2.45, 2.75) is 0 Å². The quantitative estimate of drug-likeness (QED) is 0.672. The van der Waals surface area contributed by atoms with Gasteiger partial charge in [-0.05, 0) is 24.3 Å². The summed E-state index contributed by atoms with van der Waals surface area (Å²) in [6.07, 6.45) is 3.29. The van der Waals surface area contributed by atoms with Crippen LogP contribution in [0.2, 0.25) is 5.02 Å². The highest BCUT2D eigenvalue weighted by molar-refractivity contribution is 6.30. The molecule has 66 valence electrons. The molecule has 0 unspecified atom stereocenters. The van der Waals surface area contributed by atoms with Gasteiger partial charge in [-0.15, -0.1) is 0 Å². The maximum absolute atomic E-state index is 5.77. The van der Waals surface area contributed by atoms with E-state index in [4.69, 9.17) is 11.6 Å². The van der Waals surface area contributed by atoms with E-state index < -0.39 is 0 Å². The van der Waals surface area contributed by atoms with Gasteiger partial charge in [0.1, 0.15) is 13.0 Å². The van der Waals surface area contributed by atoms with Gasteiger partial charge < -0.3 is 4.90 Å². The third kappa shape index (κ3) is 1.87. The Hall–Kier alpha value is -1.35. The molecular weight excluding hydrogens is 186 g/mol. The number of aliphatic imine (C=N–C) groups is 2. The molecule has 0 aromatic heterocycles. The van der Waals surface area contributed by atoms with Crippen LogP contribution < -0.4 is 4.90 Å². The summed E-state index contributed by atoms with van der Waals surface area (Å²) in [4.78, 5) is 9.90. The van der Waals surface area contributed by atoms with Gasteiger partial charge >= 0.3 is 0 Å². The highest BCUT2D eigenvalue weighted by Gasteiger charge is 2.03. The molecule has 0 spiro atoms.